The number of aromatic nitrogens is 1. The molecule has 3 rings (SSSR count). The Bertz CT molecular complexity index is 2350. The number of fused-ring (bicyclic) bond motifs is 1. The van der Waals surface area contributed by atoms with Gasteiger partial charge in [0.2, 0.25) is 47.3 Å². The predicted molar refractivity (Wildman–Crippen MR) is 262 cm³/mol. The maximum Gasteiger partial charge on any atom is 0.326 e. The van der Waals surface area contributed by atoms with E-state index in [9.17, 15) is 58.2 Å². The van der Waals surface area contributed by atoms with Crippen molar-refractivity contribution in [2.45, 2.75) is 115 Å². The molecule has 1 aromatic heterocycles. The molecule has 0 bridgehead atoms. The van der Waals surface area contributed by atoms with Crippen LogP contribution in [0.5, 0.6) is 0 Å². The van der Waals surface area contributed by atoms with Crippen LogP contribution < -0.4 is 48.7 Å². The maximum absolute atomic E-state index is 14.4. The molecular formula is C47H66N10O13S. The second-order valence-corrected chi connectivity index (χ2v) is 18.3. The minimum atomic E-state index is -1.96. The number of aliphatic hydroxyl groups is 1. The average Bonchev–Trinajstić information content (AvgIpc) is 3.73. The number of hydrogen-bond acceptors (Lipinski definition) is 13. The zero-order valence-electron chi connectivity index (χ0n) is 40.2. The molecule has 2 aromatic carbocycles. The molecule has 0 aliphatic heterocycles. The van der Waals surface area contributed by atoms with Gasteiger partial charge >= 0.3 is 11.9 Å². The lowest BCUT2D eigenvalue weighted by Crippen LogP contribution is -2.62. The standard InChI is InChI=1S/C47H66N10O13S/c1-6-25(4)39(57-43(65)32(51-40(62)29(48)16-17-71-5)19-27-22-50-30-15-11-10-14-28(27)30)46(68)53-31(18-26-12-8-7-9-13-26)42(64)56-38(24(2)3)45(67)55-35(23-58)44(66)52-33(20-36(49)59)41(63)54-34(47(69)70)21-37(60)61/h7-15,22,24-25,29,31-35,38-39,50,58H,6,16-21,23,48H2,1-5H3,(H2,49,59)(H,51,62)(H,52,66)(H,53,68)(H,54,63)(H,55,67)(H,56,64)(H,57,65)(H,60,61)(H,69,70)/t25-,29-,31-,32-,33-,34-,35-,38-,39-/m0/s1. The van der Waals surface area contributed by atoms with Crippen molar-refractivity contribution < 1.29 is 63.3 Å². The number of H-pyrrole nitrogens is 1. The van der Waals surface area contributed by atoms with Crippen LogP contribution in [-0.2, 0) is 60.8 Å². The largest absolute Gasteiger partial charge is 0.481 e. The van der Waals surface area contributed by atoms with Gasteiger partial charge in [-0.3, -0.25) is 43.2 Å². The van der Waals surface area contributed by atoms with E-state index in [1.54, 1.807) is 64.2 Å². The van der Waals surface area contributed by atoms with Gasteiger partial charge in [-0.05, 0) is 47.5 Å². The summed E-state index contributed by atoms with van der Waals surface area (Å²) in [5.74, 6) is -11.5. The van der Waals surface area contributed by atoms with E-state index in [1.807, 2.05) is 35.8 Å². The molecule has 0 aliphatic carbocycles. The molecule has 0 unspecified atom stereocenters. The summed E-state index contributed by atoms with van der Waals surface area (Å²) >= 11 is 1.51. The van der Waals surface area contributed by atoms with Crippen molar-refractivity contribution in [3.63, 3.8) is 0 Å². The predicted octanol–water partition coefficient (Wildman–Crippen LogP) is -1.44. The van der Waals surface area contributed by atoms with Crippen LogP contribution in [0.2, 0.25) is 0 Å². The Morgan fingerprint density at radius 3 is 1.73 bits per heavy atom. The van der Waals surface area contributed by atoms with E-state index in [-0.39, 0.29) is 12.8 Å². The Labute approximate surface area is 414 Å². The lowest BCUT2D eigenvalue weighted by Gasteiger charge is -2.30. The summed E-state index contributed by atoms with van der Waals surface area (Å²) in [4.78, 5) is 134. The second kappa shape index (κ2) is 28.6. The van der Waals surface area contributed by atoms with Crippen molar-refractivity contribution in [2.75, 3.05) is 18.6 Å². The van der Waals surface area contributed by atoms with Crippen LogP contribution in [-0.4, -0.2) is 146 Å². The lowest BCUT2D eigenvalue weighted by molar-refractivity contribution is -0.147. The number of aliphatic hydroxyl groups excluding tert-OH is 1. The third-order valence-corrected chi connectivity index (χ3v) is 12.1. The highest BCUT2D eigenvalue weighted by Crippen LogP contribution is 2.20. The summed E-state index contributed by atoms with van der Waals surface area (Å²) in [6, 6.07) is 4.20. The van der Waals surface area contributed by atoms with Crippen LogP contribution in [0.1, 0.15) is 64.5 Å². The molecule has 3 aromatic rings. The minimum absolute atomic E-state index is 0.0350. The summed E-state index contributed by atoms with van der Waals surface area (Å²) < 4.78 is 0. The topological polar surface area (TPSA) is 383 Å². The zero-order chi connectivity index (χ0) is 52.9. The Hall–Kier alpha value is -7.05. The molecule has 388 valence electrons. The van der Waals surface area contributed by atoms with E-state index in [0.717, 1.165) is 16.5 Å². The number of aliphatic carboxylic acids is 2. The van der Waals surface area contributed by atoms with E-state index >= 15 is 0 Å². The van der Waals surface area contributed by atoms with Gasteiger partial charge in [0, 0.05) is 29.9 Å². The number of aromatic amines is 1. The number of amides is 8. The fourth-order valence-electron chi connectivity index (χ4n) is 7.23. The molecule has 8 amide bonds. The smallest absolute Gasteiger partial charge is 0.326 e. The molecule has 24 heteroatoms. The third kappa shape index (κ3) is 18.3. The monoisotopic (exact) mass is 1010 g/mol. The highest BCUT2D eigenvalue weighted by molar-refractivity contribution is 7.98. The fourth-order valence-corrected chi connectivity index (χ4v) is 7.72. The number of thioether (sulfide) groups is 1. The first kappa shape index (κ1) is 58.3. The van der Waals surface area contributed by atoms with Crippen molar-refractivity contribution in [2.24, 2.45) is 23.3 Å². The van der Waals surface area contributed by atoms with Crippen molar-refractivity contribution >= 4 is 81.9 Å². The number of para-hydroxylation sites is 1. The van der Waals surface area contributed by atoms with Crippen LogP contribution >= 0.6 is 11.8 Å². The summed E-state index contributed by atoms with van der Waals surface area (Å²) in [6.45, 7) is 5.57. The van der Waals surface area contributed by atoms with Gasteiger partial charge in [0.25, 0.3) is 0 Å². The van der Waals surface area contributed by atoms with Crippen LogP contribution in [0.3, 0.4) is 0 Å². The molecule has 23 nitrogen and oxygen atoms in total. The normalized spacial score (nSPS) is 15.0. The maximum atomic E-state index is 14.4. The number of nitrogens with two attached hydrogens (primary N) is 2. The molecule has 0 saturated carbocycles. The van der Waals surface area contributed by atoms with Crippen LogP contribution in [0, 0.1) is 11.8 Å². The Morgan fingerprint density at radius 2 is 1.15 bits per heavy atom. The van der Waals surface area contributed by atoms with E-state index < -0.39 is 139 Å². The molecular weight excluding hydrogens is 945 g/mol. The Morgan fingerprint density at radius 1 is 0.634 bits per heavy atom. The highest BCUT2D eigenvalue weighted by atomic mass is 32.2. The Balaban J connectivity index is 1.88. The number of benzene rings is 2. The van der Waals surface area contributed by atoms with Gasteiger partial charge in [0.05, 0.1) is 25.5 Å². The SMILES string of the molecule is CC[C@H](C)[C@H](NC(=O)[C@H](Cc1c[nH]c2ccccc12)NC(=O)[C@@H](N)CCSC)C(=O)N[C@@H](Cc1ccccc1)C(=O)N[C@H](C(=O)N[C@@H](CO)C(=O)N[C@@H](CC(N)=O)C(=O)N[C@@H](CC(=O)O)C(=O)O)C(C)C. The van der Waals surface area contributed by atoms with E-state index in [2.05, 4.69) is 36.9 Å². The van der Waals surface area contributed by atoms with Gasteiger partial charge in [-0.25, -0.2) is 4.79 Å². The number of carbonyl (C=O) groups excluding carboxylic acids is 8. The summed E-state index contributed by atoms with van der Waals surface area (Å²) in [5, 5.41) is 46.6. The summed E-state index contributed by atoms with van der Waals surface area (Å²) in [5.41, 5.74) is 13.6. The zero-order valence-corrected chi connectivity index (χ0v) is 41.0. The molecule has 0 fully saturated rings. The first-order chi connectivity index (χ1) is 33.6. The minimum Gasteiger partial charge on any atom is -0.481 e. The molecule has 0 aliphatic rings. The van der Waals surface area contributed by atoms with Crippen LogP contribution in [0.15, 0.2) is 60.8 Å². The number of rotatable bonds is 30. The first-order valence-electron chi connectivity index (χ1n) is 22.9. The van der Waals surface area contributed by atoms with Gasteiger partial charge in [-0.2, -0.15) is 11.8 Å². The van der Waals surface area contributed by atoms with Crippen LogP contribution in [0.4, 0.5) is 0 Å². The van der Waals surface area contributed by atoms with Gasteiger partial charge in [0.1, 0.15) is 42.3 Å². The molecule has 0 radical (unpaired) electrons. The van der Waals surface area contributed by atoms with Crippen molar-refractivity contribution in [3.8, 4) is 0 Å². The number of carboxylic acids is 2. The van der Waals surface area contributed by atoms with Crippen molar-refractivity contribution in [1.29, 1.82) is 0 Å². The van der Waals surface area contributed by atoms with Gasteiger partial charge in [-0.1, -0.05) is 82.6 Å². The number of carboxylic acid groups (broad SMARTS) is 2. The molecule has 0 saturated heterocycles. The molecule has 0 spiro atoms. The quantitative estimate of drug-likeness (QED) is 0.0364. The average molecular weight is 1010 g/mol. The number of primary amides is 1. The highest BCUT2D eigenvalue weighted by Gasteiger charge is 2.37. The second-order valence-electron chi connectivity index (χ2n) is 17.3. The van der Waals surface area contributed by atoms with Gasteiger partial charge in [-0.15, -0.1) is 0 Å². The van der Waals surface area contributed by atoms with Gasteiger partial charge in [0.15, 0.2) is 0 Å². The van der Waals surface area contributed by atoms with Crippen molar-refractivity contribution in [3.05, 3.63) is 71.9 Å². The summed E-state index contributed by atoms with van der Waals surface area (Å²) in [7, 11) is 0. The molecule has 15 N–H and O–H groups in total. The summed E-state index contributed by atoms with van der Waals surface area (Å²) in [6.07, 6.45) is 2.35. The fraction of sp³-hybridized carbons (Fsp3) is 0.489. The van der Waals surface area contributed by atoms with E-state index in [0.29, 0.717) is 24.2 Å². The lowest BCUT2D eigenvalue weighted by atomic mass is 9.95. The van der Waals surface area contributed by atoms with E-state index in [4.69, 9.17) is 16.6 Å². The van der Waals surface area contributed by atoms with E-state index in [1.165, 1.54) is 11.8 Å². The molecule has 9 atom stereocenters. The van der Waals surface area contributed by atoms with Crippen molar-refractivity contribution in [1.82, 2.24) is 42.2 Å². The number of nitrogens with one attached hydrogen (secondary N) is 8. The van der Waals surface area contributed by atoms with Gasteiger partial charge < -0.3 is 69.0 Å². The molecule has 1 heterocycles. The molecule has 71 heavy (non-hydrogen) atoms. The number of carbonyl (C=O) groups is 10. The first-order valence-corrected chi connectivity index (χ1v) is 24.3. The Kier molecular flexibility index (Phi) is 23.4. The third-order valence-electron chi connectivity index (χ3n) is 11.5. The van der Waals surface area contributed by atoms with Crippen LogP contribution in [0.25, 0.3) is 10.9 Å². The number of hydrogen-bond donors (Lipinski definition) is 13.